The monoisotopic (exact) mass is 330 g/mol. The van der Waals surface area contributed by atoms with Gasteiger partial charge in [0.2, 0.25) is 5.91 Å². The van der Waals surface area contributed by atoms with Gasteiger partial charge in [-0.05, 0) is 49.9 Å². The Bertz CT molecular complexity index is 561. The fourth-order valence-corrected chi connectivity index (χ4v) is 2.90. The molecule has 0 saturated heterocycles. The van der Waals surface area contributed by atoms with Crippen molar-refractivity contribution in [2.75, 3.05) is 18.5 Å². The molecule has 0 heterocycles. The van der Waals surface area contributed by atoms with Crippen molar-refractivity contribution in [2.24, 2.45) is 17.6 Å². The maximum Gasteiger partial charge on any atom is 0.422 e. The zero-order valence-electron chi connectivity index (χ0n) is 13.0. The number of benzene rings is 1. The van der Waals surface area contributed by atoms with E-state index in [-0.39, 0.29) is 29.2 Å². The highest BCUT2D eigenvalue weighted by molar-refractivity contribution is 5.94. The van der Waals surface area contributed by atoms with E-state index >= 15 is 0 Å². The number of hydrogen-bond acceptors (Lipinski definition) is 3. The van der Waals surface area contributed by atoms with Crippen molar-refractivity contribution in [3.8, 4) is 5.75 Å². The fourth-order valence-electron chi connectivity index (χ4n) is 2.90. The van der Waals surface area contributed by atoms with Crippen LogP contribution >= 0.6 is 0 Å². The molecule has 0 bridgehead atoms. The number of nitrogens with one attached hydrogen (secondary N) is 1. The Hall–Kier alpha value is -1.76. The molecule has 1 aromatic carbocycles. The summed E-state index contributed by atoms with van der Waals surface area (Å²) in [6.45, 7) is 0.783. The topological polar surface area (TPSA) is 64.4 Å². The molecular weight excluding hydrogens is 309 g/mol. The molecule has 1 amide bonds. The van der Waals surface area contributed by atoms with Gasteiger partial charge in [0, 0.05) is 5.92 Å². The van der Waals surface area contributed by atoms with Crippen LogP contribution in [-0.2, 0) is 4.79 Å². The van der Waals surface area contributed by atoms with Gasteiger partial charge in [-0.2, -0.15) is 13.2 Å². The van der Waals surface area contributed by atoms with Crippen LogP contribution in [0.5, 0.6) is 5.75 Å². The number of alkyl halides is 3. The molecule has 2 rings (SSSR count). The van der Waals surface area contributed by atoms with Crippen LogP contribution in [0.4, 0.5) is 18.9 Å². The van der Waals surface area contributed by atoms with Crippen LogP contribution in [0.15, 0.2) is 18.2 Å². The number of anilines is 1. The molecule has 7 heteroatoms. The van der Waals surface area contributed by atoms with Crippen LogP contribution in [0.1, 0.15) is 24.8 Å². The van der Waals surface area contributed by atoms with E-state index in [2.05, 4.69) is 5.32 Å². The second kappa shape index (κ2) is 7.21. The average Bonchev–Trinajstić information content (AvgIpc) is 2.95. The van der Waals surface area contributed by atoms with E-state index in [0.29, 0.717) is 6.54 Å². The number of hydrogen-bond donors (Lipinski definition) is 2. The number of carbonyl (C=O) groups is 1. The van der Waals surface area contributed by atoms with Gasteiger partial charge < -0.3 is 15.8 Å². The van der Waals surface area contributed by atoms with Gasteiger partial charge in [-0.3, -0.25) is 4.79 Å². The summed E-state index contributed by atoms with van der Waals surface area (Å²) in [5, 5.41) is 2.69. The molecular formula is C16H21F3N2O2. The van der Waals surface area contributed by atoms with Gasteiger partial charge >= 0.3 is 6.18 Å². The fraction of sp³-hybridized carbons (Fsp3) is 0.562. The maximum absolute atomic E-state index is 12.4. The lowest BCUT2D eigenvalue weighted by molar-refractivity contribution is -0.153. The molecule has 0 spiro atoms. The lowest BCUT2D eigenvalue weighted by atomic mass is 9.95. The van der Waals surface area contributed by atoms with E-state index in [0.717, 1.165) is 24.8 Å². The zero-order valence-corrected chi connectivity index (χ0v) is 13.0. The lowest BCUT2D eigenvalue weighted by Crippen LogP contribution is -2.30. The van der Waals surface area contributed by atoms with E-state index in [9.17, 15) is 18.0 Å². The van der Waals surface area contributed by atoms with E-state index in [1.807, 2.05) is 0 Å². The first-order chi connectivity index (χ1) is 10.8. The Morgan fingerprint density at radius 2 is 2.13 bits per heavy atom. The summed E-state index contributed by atoms with van der Waals surface area (Å²) in [6.07, 6.45) is -1.84. The Kier molecular flexibility index (Phi) is 5.51. The van der Waals surface area contributed by atoms with Gasteiger partial charge in [0.05, 0.1) is 5.69 Å². The number of ether oxygens (including phenoxy) is 1. The molecule has 1 fully saturated rings. The van der Waals surface area contributed by atoms with Crippen molar-refractivity contribution in [1.82, 2.24) is 0 Å². The van der Waals surface area contributed by atoms with Crippen molar-refractivity contribution < 1.29 is 22.7 Å². The van der Waals surface area contributed by atoms with Gasteiger partial charge in [0.1, 0.15) is 5.75 Å². The average molecular weight is 330 g/mol. The standard InChI is InChI=1S/C16H21F3N2O2/c1-10-5-6-13(14(7-10)23-9-16(17,18)19)21-15(22)12-4-2-3-11(12)8-20/h5-7,11-12H,2-4,8-9,20H2,1H3,(H,21,22)/t11-,12-/m1/s1. The Balaban J connectivity index is 2.11. The molecule has 3 N–H and O–H groups in total. The van der Waals surface area contributed by atoms with Gasteiger partial charge in [0.15, 0.2) is 6.61 Å². The zero-order chi connectivity index (χ0) is 17.0. The molecule has 1 aliphatic carbocycles. The molecule has 0 aliphatic heterocycles. The highest BCUT2D eigenvalue weighted by atomic mass is 19.4. The van der Waals surface area contributed by atoms with Crippen LogP contribution < -0.4 is 15.8 Å². The number of halogens is 3. The van der Waals surface area contributed by atoms with Crippen molar-refractivity contribution >= 4 is 11.6 Å². The minimum atomic E-state index is -4.43. The SMILES string of the molecule is Cc1ccc(NC(=O)[C@@H]2CCC[C@@H]2CN)c(OCC(F)(F)F)c1. The normalized spacial score (nSPS) is 21.3. The summed E-state index contributed by atoms with van der Waals surface area (Å²) in [6, 6.07) is 4.76. The Labute approximate surface area is 133 Å². The number of rotatable bonds is 5. The predicted molar refractivity (Wildman–Crippen MR) is 81.2 cm³/mol. The second-order valence-corrected chi connectivity index (χ2v) is 5.93. The molecule has 128 valence electrons. The van der Waals surface area contributed by atoms with Crippen molar-refractivity contribution in [1.29, 1.82) is 0 Å². The van der Waals surface area contributed by atoms with Crippen molar-refractivity contribution in [2.45, 2.75) is 32.4 Å². The van der Waals surface area contributed by atoms with Crippen molar-refractivity contribution in [3.05, 3.63) is 23.8 Å². The molecule has 0 radical (unpaired) electrons. The summed E-state index contributed by atoms with van der Waals surface area (Å²) < 4.78 is 41.9. The minimum Gasteiger partial charge on any atom is -0.482 e. The summed E-state index contributed by atoms with van der Waals surface area (Å²) in [5.41, 5.74) is 6.68. The first-order valence-electron chi connectivity index (χ1n) is 7.61. The van der Waals surface area contributed by atoms with Gasteiger partial charge in [-0.1, -0.05) is 12.5 Å². The summed E-state index contributed by atoms with van der Waals surface area (Å²) in [5.74, 6) is -0.256. The van der Waals surface area contributed by atoms with Crippen LogP contribution in [0.3, 0.4) is 0 Å². The molecule has 1 aliphatic rings. The summed E-state index contributed by atoms with van der Waals surface area (Å²) in [7, 11) is 0. The maximum atomic E-state index is 12.4. The first-order valence-corrected chi connectivity index (χ1v) is 7.61. The Morgan fingerprint density at radius 3 is 2.78 bits per heavy atom. The second-order valence-electron chi connectivity index (χ2n) is 5.93. The van der Waals surface area contributed by atoms with Crippen molar-refractivity contribution in [3.63, 3.8) is 0 Å². The summed E-state index contributed by atoms with van der Waals surface area (Å²) >= 11 is 0. The third-order valence-electron chi connectivity index (χ3n) is 4.08. The number of amides is 1. The van der Waals surface area contributed by atoms with Crippen LogP contribution in [0, 0.1) is 18.8 Å². The Morgan fingerprint density at radius 1 is 1.39 bits per heavy atom. The molecule has 4 nitrogen and oxygen atoms in total. The first kappa shape index (κ1) is 17.6. The smallest absolute Gasteiger partial charge is 0.422 e. The van der Waals surface area contributed by atoms with Crippen LogP contribution in [0.25, 0.3) is 0 Å². The van der Waals surface area contributed by atoms with Gasteiger partial charge in [-0.15, -0.1) is 0 Å². The van der Waals surface area contributed by atoms with E-state index in [1.165, 1.54) is 6.07 Å². The van der Waals surface area contributed by atoms with Crippen LogP contribution in [-0.4, -0.2) is 25.2 Å². The number of carbonyl (C=O) groups excluding carboxylic acids is 1. The number of aryl methyl sites for hydroxylation is 1. The van der Waals surface area contributed by atoms with E-state index < -0.39 is 12.8 Å². The molecule has 1 aromatic rings. The summed E-state index contributed by atoms with van der Waals surface area (Å²) in [4.78, 5) is 12.4. The largest absolute Gasteiger partial charge is 0.482 e. The highest BCUT2D eigenvalue weighted by Gasteiger charge is 2.33. The highest BCUT2D eigenvalue weighted by Crippen LogP contribution is 2.34. The van der Waals surface area contributed by atoms with Gasteiger partial charge in [0.25, 0.3) is 0 Å². The predicted octanol–water partition coefficient (Wildman–Crippen LogP) is 3.25. The quantitative estimate of drug-likeness (QED) is 0.871. The van der Waals surface area contributed by atoms with E-state index in [1.54, 1.807) is 19.1 Å². The number of nitrogens with two attached hydrogens (primary N) is 1. The van der Waals surface area contributed by atoms with E-state index in [4.69, 9.17) is 10.5 Å². The molecule has 2 atom stereocenters. The molecule has 0 unspecified atom stereocenters. The third kappa shape index (κ3) is 4.86. The van der Waals surface area contributed by atoms with Crippen LogP contribution in [0.2, 0.25) is 0 Å². The molecule has 0 aromatic heterocycles. The lowest BCUT2D eigenvalue weighted by Gasteiger charge is -2.19. The molecule has 23 heavy (non-hydrogen) atoms. The molecule has 1 saturated carbocycles. The van der Waals surface area contributed by atoms with Gasteiger partial charge in [-0.25, -0.2) is 0 Å². The third-order valence-corrected chi connectivity index (χ3v) is 4.08. The minimum absolute atomic E-state index is 0.0259.